The van der Waals surface area contributed by atoms with Gasteiger partial charge in [-0.05, 0) is 36.8 Å². The summed E-state index contributed by atoms with van der Waals surface area (Å²) in [5.41, 5.74) is 2.28. The lowest BCUT2D eigenvalue weighted by molar-refractivity contribution is 0.0532. The van der Waals surface area contributed by atoms with Gasteiger partial charge in [0.15, 0.2) is 5.13 Å². The highest BCUT2D eigenvalue weighted by Gasteiger charge is 2.25. The highest BCUT2D eigenvalue weighted by atomic mass is 32.2. The first-order chi connectivity index (χ1) is 18.3. The van der Waals surface area contributed by atoms with E-state index in [-0.39, 0.29) is 33.6 Å². The number of carbonyl (C=O) groups excluding carboxylic acids is 2. The van der Waals surface area contributed by atoms with Crippen molar-refractivity contribution in [3.8, 4) is 11.3 Å². The van der Waals surface area contributed by atoms with Crippen molar-refractivity contribution in [3.05, 3.63) is 101 Å². The Kier molecular flexibility index (Phi) is 8.67. The standard InChI is InChI=1S/C28H27N3O5S2/c1-3-31(19-20-11-7-5-8-12-20)38(34,35)23-17-15-22(16-18-23)26(32)30-28-29-24(21-13-9-6-10-14-21)25(37-28)27(33)36-4-2/h5-18H,3-4,19H2,1-2H3,(H,29,30,32). The van der Waals surface area contributed by atoms with Crippen LogP contribution in [0, 0.1) is 0 Å². The van der Waals surface area contributed by atoms with Gasteiger partial charge in [-0.15, -0.1) is 0 Å². The number of hydrogen-bond donors (Lipinski definition) is 1. The Morgan fingerprint density at radius 1 is 0.921 bits per heavy atom. The summed E-state index contributed by atoms with van der Waals surface area (Å²) in [5.74, 6) is -0.996. The smallest absolute Gasteiger partial charge is 0.350 e. The van der Waals surface area contributed by atoms with Crippen LogP contribution in [-0.4, -0.2) is 42.7 Å². The number of amides is 1. The van der Waals surface area contributed by atoms with Gasteiger partial charge in [-0.2, -0.15) is 4.31 Å². The largest absolute Gasteiger partial charge is 0.462 e. The molecule has 1 heterocycles. The molecule has 0 aliphatic rings. The predicted octanol–water partition coefficient (Wildman–Crippen LogP) is 5.45. The van der Waals surface area contributed by atoms with Gasteiger partial charge in [0, 0.05) is 24.2 Å². The molecule has 4 rings (SSSR count). The summed E-state index contributed by atoms with van der Waals surface area (Å²) in [5, 5.41) is 2.94. The zero-order valence-corrected chi connectivity index (χ0v) is 22.6. The first kappa shape index (κ1) is 27.2. The normalized spacial score (nSPS) is 11.3. The molecule has 0 saturated carbocycles. The first-order valence-corrected chi connectivity index (χ1v) is 14.3. The maximum atomic E-state index is 13.2. The molecule has 10 heteroatoms. The molecule has 3 aromatic carbocycles. The highest BCUT2D eigenvalue weighted by Crippen LogP contribution is 2.32. The van der Waals surface area contributed by atoms with Crippen molar-refractivity contribution < 1.29 is 22.7 Å². The third kappa shape index (κ3) is 6.16. The van der Waals surface area contributed by atoms with Crippen LogP contribution in [0.1, 0.15) is 39.4 Å². The number of aromatic nitrogens is 1. The molecule has 0 unspecified atom stereocenters. The highest BCUT2D eigenvalue weighted by molar-refractivity contribution is 7.89. The van der Waals surface area contributed by atoms with Crippen LogP contribution in [0.15, 0.2) is 89.8 Å². The van der Waals surface area contributed by atoms with Crippen molar-refractivity contribution in [2.75, 3.05) is 18.5 Å². The summed E-state index contributed by atoms with van der Waals surface area (Å²) in [6, 6.07) is 24.3. The van der Waals surface area contributed by atoms with Crippen LogP contribution in [0.5, 0.6) is 0 Å². The van der Waals surface area contributed by atoms with Gasteiger partial charge < -0.3 is 4.74 Å². The lowest BCUT2D eigenvalue weighted by Crippen LogP contribution is -2.30. The van der Waals surface area contributed by atoms with E-state index < -0.39 is 21.9 Å². The van der Waals surface area contributed by atoms with E-state index in [2.05, 4.69) is 10.3 Å². The van der Waals surface area contributed by atoms with Crippen LogP contribution >= 0.6 is 11.3 Å². The van der Waals surface area contributed by atoms with E-state index in [1.807, 2.05) is 60.7 Å². The second-order valence-electron chi connectivity index (χ2n) is 8.18. The quantitative estimate of drug-likeness (QED) is 0.264. The van der Waals surface area contributed by atoms with Crippen LogP contribution in [0.3, 0.4) is 0 Å². The topological polar surface area (TPSA) is 106 Å². The van der Waals surface area contributed by atoms with Crippen molar-refractivity contribution in [2.45, 2.75) is 25.3 Å². The number of nitrogens with one attached hydrogen (secondary N) is 1. The van der Waals surface area contributed by atoms with Crippen molar-refractivity contribution in [2.24, 2.45) is 0 Å². The van der Waals surface area contributed by atoms with Gasteiger partial charge in [0.1, 0.15) is 4.88 Å². The van der Waals surface area contributed by atoms with Crippen molar-refractivity contribution in [1.29, 1.82) is 0 Å². The molecule has 4 aromatic rings. The molecule has 1 aromatic heterocycles. The molecule has 38 heavy (non-hydrogen) atoms. The Morgan fingerprint density at radius 2 is 1.55 bits per heavy atom. The SMILES string of the molecule is CCOC(=O)c1sc(NC(=O)c2ccc(S(=O)(=O)N(CC)Cc3ccccc3)cc2)nc1-c1ccccc1. The van der Waals surface area contributed by atoms with Gasteiger partial charge in [-0.1, -0.05) is 78.9 Å². The van der Waals surface area contributed by atoms with E-state index in [4.69, 9.17) is 4.74 Å². The number of ether oxygens (including phenoxy) is 1. The molecule has 8 nitrogen and oxygen atoms in total. The Hall–Kier alpha value is -3.86. The number of carbonyl (C=O) groups is 2. The third-order valence-corrected chi connectivity index (χ3v) is 8.55. The number of anilines is 1. The fourth-order valence-corrected chi connectivity index (χ4v) is 6.06. The number of esters is 1. The molecule has 1 N–H and O–H groups in total. The minimum Gasteiger partial charge on any atom is -0.462 e. The Balaban J connectivity index is 1.53. The van der Waals surface area contributed by atoms with Crippen molar-refractivity contribution in [3.63, 3.8) is 0 Å². The van der Waals surface area contributed by atoms with Crippen molar-refractivity contribution >= 4 is 38.4 Å². The number of benzene rings is 3. The maximum Gasteiger partial charge on any atom is 0.350 e. The summed E-state index contributed by atoms with van der Waals surface area (Å²) in [7, 11) is -3.76. The van der Waals surface area contributed by atoms with Gasteiger partial charge in [-0.3, -0.25) is 10.1 Å². The number of nitrogens with zero attached hydrogens (tertiary/aromatic N) is 2. The second kappa shape index (κ2) is 12.1. The van der Waals surface area contributed by atoms with E-state index in [0.717, 1.165) is 22.5 Å². The molecule has 0 bridgehead atoms. The lowest BCUT2D eigenvalue weighted by atomic mass is 10.1. The molecule has 0 spiro atoms. The summed E-state index contributed by atoms with van der Waals surface area (Å²) < 4.78 is 33.0. The van der Waals surface area contributed by atoms with Gasteiger partial charge in [0.25, 0.3) is 5.91 Å². The van der Waals surface area contributed by atoms with Gasteiger partial charge in [0.05, 0.1) is 17.2 Å². The maximum absolute atomic E-state index is 13.2. The number of rotatable bonds is 10. The van der Waals surface area contributed by atoms with E-state index >= 15 is 0 Å². The van der Waals surface area contributed by atoms with Crippen molar-refractivity contribution in [1.82, 2.24) is 9.29 Å². The third-order valence-electron chi connectivity index (χ3n) is 5.66. The Bertz CT molecular complexity index is 1500. The van der Waals surface area contributed by atoms with Crippen LogP contribution in [0.25, 0.3) is 11.3 Å². The number of sulfonamides is 1. The van der Waals surface area contributed by atoms with Crippen LogP contribution < -0.4 is 5.32 Å². The van der Waals surface area contributed by atoms with Crippen LogP contribution in [0.2, 0.25) is 0 Å². The molecule has 0 atom stereocenters. The van der Waals surface area contributed by atoms with E-state index in [9.17, 15) is 18.0 Å². The summed E-state index contributed by atoms with van der Waals surface area (Å²) >= 11 is 1.02. The molecule has 1 amide bonds. The Morgan fingerprint density at radius 3 is 2.16 bits per heavy atom. The molecule has 0 radical (unpaired) electrons. The molecule has 0 fully saturated rings. The molecule has 0 saturated heterocycles. The fraction of sp³-hybridized carbons (Fsp3) is 0.179. The molecule has 0 aliphatic heterocycles. The van der Waals surface area contributed by atoms with Crippen LogP contribution in [0.4, 0.5) is 5.13 Å². The predicted molar refractivity (Wildman–Crippen MR) is 148 cm³/mol. The number of hydrogen-bond acceptors (Lipinski definition) is 7. The molecule has 196 valence electrons. The monoisotopic (exact) mass is 549 g/mol. The molecular formula is C28H27N3O5S2. The van der Waals surface area contributed by atoms with Gasteiger partial charge >= 0.3 is 5.97 Å². The van der Waals surface area contributed by atoms with E-state index in [1.165, 1.54) is 28.6 Å². The van der Waals surface area contributed by atoms with Crippen LogP contribution in [-0.2, 0) is 21.3 Å². The van der Waals surface area contributed by atoms with E-state index in [1.54, 1.807) is 13.8 Å². The second-order valence-corrected chi connectivity index (χ2v) is 11.1. The van der Waals surface area contributed by atoms with E-state index in [0.29, 0.717) is 12.2 Å². The number of thiazole rings is 1. The lowest BCUT2D eigenvalue weighted by Gasteiger charge is -2.20. The molecule has 0 aliphatic carbocycles. The fourth-order valence-electron chi connectivity index (χ4n) is 3.75. The average molecular weight is 550 g/mol. The minimum absolute atomic E-state index is 0.0945. The summed E-state index contributed by atoms with van der Waals surface area (Å²) in [6.45, 7) is 4.26. The zero-order chi connectivity index (χ0) is 27.1. The van der Waals surface area contributed by atoms with Gasteiger partial charge in [-0.25, -0.2) is 18.2 Å². The van der Waals surface area contributed by atoms with Gasteiger partial charge in [0.2, 0.25) is 10.0 Å². The summed E-state index contributed by atoms with van der Waals surface area (Å²) in [4.78, 5) is 30.3. The average Bonchev–Trinajstić information content (AvgIpc) is 3.37. The minimum atomic E-state index is -3.76. The Labute approximate surface area is 226 Å². The zero-order valence-electron chi connectivity index (χ0n) is 21.0. The summed E-state index contributed by atoms with van der Waals surface area (Å²) in [6.07, 6.45) is 0. The molecular weight excluding hydrogens is 522 g/mol. The first-order valence-electron chi connectivity index (χ1n) is 12.0.